The molecule has 3 heterocycles. The number of hydrogen-bond donors (Lipinski definition) is 2. The highest BCUT2D eigenvalue weighted by Gasteiger charge is 2.60. The zero-order valence-electron chi connectivity index (χ0n) is 16.3. The second-order valence-corrected chi connectivity index (χ2v) is 7.83. The Balaban J connectivity index is 1.56. The van der Waals surface area contributed by atoms with Crippen molar-refractivity contribution in [3.8, 4) is 0 Å². The van der Waals surface area contributed by atoms with Gasteiger partial charge in [-0.05, 0) is 13.8 Å². The lowest BCUT2D eigenvalue weighted by molar-refractivity contribution is -0.311. The Kier molecular flexibility index (Phi) is 6.01. The highest BCUT2D eigenvalue weighted by molar-refractivity contribution is 5.17. The number of aliphatic hydroxyl groups excluding tert-OH is 2. The van der Waals surface area contributed by atoms with Gasteiger partial charge in [-0.1, -0.05) is 30.3 Å². The van der Waals surface area contributed by atoms with E-state index in [0.717, 1.165) is 5.56 Å². The summed E-state index contributed by atoms with van der Waals surface area (Å²) in [6.07, 6.45) is -2.39. The van der Waals surface area contributed by atoms with Crippen molar-refractivity contribution in [3.05, 3.63) is 35.9 Å². The van der Waals surface area contributed by atoms with Crippen molar-refractivity contribution in [2.75, 3.05) is 32.8 Å². The van der Waals surface area contributed by atoms with Crippen LogP contribution in [0.4, 0.5) is 0 Å². The molecule has 0 unspecified atom stereocenters. The first-order valence-electron chi connectivity index (χ1n) is 9.82. The standard InChI is InChI=1S/C20H29NO7/c1-20(2)27-17-16-15(25-19(17)28-20)14(12-21(8-10-22)9-11-23)24-18(26-16)13-6-4-3-5-7-13/h3-7,14-19,22-23H,8-12H2,1-2H3/t14-,15+,16-,17-,18-,19+/m0/s1. The summed E-state index contributed by atoms with van der Waals surface area (Å²) in [7, 11) is 0. The normalized spacial score (nSPS) is 36.5. The monoisotopic (exact) mass is 395 g/mol. The van der Waals surface area contributed by atoms with E-state index < -0.39 is 18.4 Å². The molecule has 6 atom stereocenters. The van der Waals surface area contributed by atoms with Gasteiger partial charge in [0.1, 0.15) is 24.4 Å². The predicted octanol–water partition coefficient (Wildman–Crippen LogP) is 0.632. The van der Waals surface area contributed by atoms with Crippen molar-refractivity contribution >= 4 is 0 Å². The third-order valence-electron chi connectivity index (χ3n) is 5.31. The van der Waals surface area contributed by atoms with Crippen molar-refractivity contribution in [2.45, 2.75) is 56.6 Å². The Bertz CT molecular complexity index is 637. The average Bonchev–Trinajstić information content (AvgIpc) is 3.15. The molecule has 0 radical (unpaired) electrons. The topological polar surface area (TPSA) is 89.9 Å². The van der Waals surface area contributed by atoms with Crippen molar-refractivity contribution in [1.29, 1.82) is 0 Å². The Labute approximate surface area is 164 Å². The molecule has 1 aromatic carbocycles. The lowest BCUT2D eigenvalue weighted by Gasteiger charge is -2.41. The van der Waals surface area contributed by atoms with Gasteiger partial charge in [0, 0.05) is 25.2 Å². The summed E-state index contributed by atoms with van der Waals surface area (Å²) >= 11 is 0. The largest absolute Gasteiger partial charge is 0.395 e. The van der Waals surface area contributed by atoms with Crippen LogP contribution in [-0.4, -0.2) is 84.5 Å². The molecule has 3 fully saturated rings. The molecular weight excluding hydrogens is 366 g/mol. The minimum absolute atomic E-state index is 0.00590. The summed E-state index contributed by atoms with van der Waals surface area (Å²) in [6, 6.07) is 9.76. The van der Waals surface area contributed by atoms with Gasteiger partial charge >= 0.3 is 0 Å². The van der Waals surface area contributed by atoms with E-state index in [1.807, 2.05) is 49.1 Å². The predicted molar refractivity (Wildman–Crippen MR) is 98.2 cm³/mol. The fourth-order valence-electron chi connectivity index (χ4n) is 4.12. The summed E-state index contributed by atoms with van der Waals surface area (Å²) in [5.41, 5.74) is 0.920. The molecule has 28 heavy (non-hydrogen) atoms. The fourth-order valence-corrected chi connectivity index (χ4v) is 4.12. The van der Waals surface area contributed by atoms with E-state index in [4.69, 9.17) is 23.7 Å². The number of aliphatic hydroxyl groups is 2. The van der Waals surface area contributed by atoms with E-state index in [9.17, 15) is 10.2 Å². The van der Waals surface area contributed by atoms with Crippen LogP contribution in [-0.2, 0) is 23.7 Å². The molecule has 8 nitrogen and oxygen atoms in total. The van der Waals surface area contributed by atoms with Crippen molar-refractivity contribution in [3.63, 3.8) is 0 Å². The first-order valence-corrected chi connectivity index (χ1v) is 9.82. The maximum atomic E-state index is 9.34. The second kappa shape index (κ2) is 8.33. The van der Waals surface area contributed by atoms with E-state index in [2.05, 4.69) is 0 Å². The molecule has 1 aromatic rings. The average molecular weight is 395 g/mol. The number of benzene rings is 1. The molecule has 3 saturated heterocycles. The molecule has 4 rings (SSSR count). The van der Waals surface area contributed by atoms with Gasteiger partial charge in [0.05, 0.1) is 13.2 Å². The molecule has 0 spiro atoms. The lowest BCUT2D eigenvalue weighted by atomic mass is 10.0. The smallest absolute Gasteiger partial charge is 0.190 e. The maximum Gasteiger partial charge on any atom is 0.190 e. The van der Waals surface area contributed by atoms with E-state index >= 15 is 0 Å². The molecule has 156 valence electrons. The first-order chi connectivity index (χ1) is 13.5. The molecule has 0 saturated carbocycles. The van der Waals surface area contributed by atoms with E-state index in [1.54, 1.807) is 0 Å². The molecule has 8 heteroatoms. The SMILES string of the molecule is CC1(C)O[C@H]2O[C@H]3[C@H](O[C@@H](c4ccccc4)O[C@H]3CN(CCO)CCO)[C@@H]2O1. The number of nitrogens with zero attached hydrogens (tertiary/aromatic N) is 1. The van der Waals surface area contributed by atoms with Crippen molar-refractivity contribution in [2.24, 2.45) is 0 Å². The van der Waals surface area contributed by atoms with Gasteiger partial charge in [-0.15, -0.1) is 0 Å². The Morgan fingerprint density at radius 2 is 1.61 bits per heavy atom. The van der Waals surface area contributed by atoms with Crippen molar-refractivity contribution in [1.82, 2.24) is 4.90 Å². The van der Waals surface area contributed by atoms with Gasteiger partial charge in [-0.25, -0.2) is 0 Å². The van der Waals surface area contributed by atoms with Gasteiger partial charge in [-0.2, -0.15) is 0 Å². The molecule has 3 aliphatic rings. The Morgan fingerprint density at radius 3 is 2.29 bits per heavy atom. The third-order valence-corrected chi connectivity index (χ3v) is 5.31. The minimum Gasteiger partial charge on any atom is -0.395 e. The molecular formula is C20H29NO7. The van der Waals surface area contributed by atoms with E-state index in [0.29, 0.717) is 19.6 Å². The number of rotatable bonds is 7. The number of fused-ring (bicyclic) bond motifs is 3. The molecule has 2 N–H and O–H groups in total. The van der Waals surface area contributed by atoms with Gasteiger partial charge in [0.25, 0.3) is 0 Å². The quantitative estimate of drug-likeness (QED) is 0.695. The third kappa shape index (κ3) is 4.10. The molecule has 3 aliphatic heterocycles. The van der Waals surface area contributed by atoms with Crippen LogP contribution in [0.5, 0.6) is 0 Å². The molecule has 0 amide bonds. The van der Waals surface area contributed by atoms with Crippen LogP contribution in [0.3, 0.4) is 0 Å². The van der Waals surface area contributed by atoms with Crippen molar-refractivity contribution < 1.29 is 33.9 Å². The van der Waals surface area contributed by atoms with Crippen LogP contribution in [0.2, 0.25) is 0 Å². The van der Waals surface area contributed by atoms with Crippen LogP contribution in [0.1, 0.15) is 25.7 Å². The Morgan fingerprint density at radius 1 is 0.893 bits per heavy atom. The summed E-state index contributed by atoms with van der Waals surface area (Å²) in [4.78, 5) is 1.96. The summed E-state index contributed by atoms with van der Waals surface area (Å²) < 4.78 is 30.6. The van der Waals surface area contributed by atoms with Gasteiger partial charge in [0.15, 0.2) is 18.4 Å². The van der Waals surface area contributed by atoms with Crippen LogP contribution < -0.4 is 0 Å². The lowest BCUT2D eigenvalue weighted by Crippen LogP contribution is -2.53. The van der Waals surface area contributed by atoms with Crippen LogP contribution in [0.25, 0.3) is 0 Å². The van der Waals surface area contributed by atoms with E-state index in [1.165, 1.54) is 0 Å². The van der Waals surface area contributed by atoms with Gasteiger partial charge < -0.3 is 33.9 Å². The van der Waals surface area contributed by atoms with Gasteiger partial charge in [0.2, 0.25) is 0 Å². The minimum atomic E-state index is -0.723. The summed E-state index contributed by atoms with van der Waals surface area (Å²) in [5.74, 6) is -0.723. The zero-order chi connectivity index (χ0) is 19.7. The van der Waals surface area contributed by atoms with Crippen LogP contribution in [0, 0.1) is 0 Å². The number of hydrogen-bond acceptors (Lipinski definition) is 8. The molecule has 0 aromatic heterocycles. The fraction of sp³-hybridized carbons (Fsp3) is 0.700. The summed E-state index contributed by atoms with van der Waals surface area (Å²) in [5, 5.41) is 18.7. The van der Waals surface area contributed by atoms with E-state index in [-0.39, 0.29) is 37.6 Å². The zero-order valence-corrected chi connectivity index (χ0v) is 16.3. The number of ether oxygens (including phenoxy) is 5. The van der Waals surface area contributed by atoms with Crippen LogP contribution in [0.15, 0.2) is 30.3 Å². The Hall–Kier alpha value is -1.10. The maximum absolute atomic E-state index is 9.34. The highest BCUT2D eigenvalue weighted by atomic mass is 16.9. The highest BCUT2D eigenvalue weighted by Crippen LogP contribution is 2.45. The van der Waals surface area contributed by atoms with Gasteiger partial charge in [-0.3, -0.25) is 4.90 Å². The summed E-state index contributed by atoms with van der Waals surface area (Å²) in [6.45, 7) is 5.12. The first kappa shape index (κ1) is 20.2. The molecule has 0 aliphatic carbocycles. The molecule has 0 bridgehead atoms. The van der Waals surface area contributed by atoms with Crippen LogP contribution >= 0.6 is 0 Å². The second-order valence-electron chi connectivity index (χ2n) is 7.83.